The van der Waals surface area contributed by atoms with E-state index in [1.54, 1.807) is 7.11 Å². The predicted octanol–water partition coefficient (Wildman–Crippen LogP) is 2.35. The van der Waals surface area contributed by atoms with E-state index in [0.29, 0.717) is 11.6 Å². The van der Waals surface area contributed by atoms with Gasteiger partial charge in [0.15, 0.2) is 0 Å². The van der Waals surface area contributed by atoms with Crippen molar-refractivity contribution in [2.24, 2.45) is 0 Å². The third kappa shape index (κ3) is 2.20. The Kier molecular flexibility index (Phi) is 2.95. The highest BCUT2D eigenvalue weighted by molar-refractivity contribution is 5.76. The van der Waals surface area contributed by atoms with Crippen molar-refractivity contribution < 1.29 is 4.74 Å². The number of benzene rings is 1. The van der Waals surface area contributed by atoms with Gasteiger partial charge in [0.2, 0.25) is 0 Å². The van der Waals surface area contributed by atoms with Gasteiger partial charge in [0.25, 0.3) is 0 Å². The van der Waals surface area contributed by atoms with Gasteiger partial charge in [-0.2, -0.15) is 0 Å². The molecule has 0 bridgehead atoms. The molecule has 1 aromatic carbocycles. The maximum atomic E-state index is 5.95. The Morgan fingerprint density at radius 2 is 1.94 bits per heavy atom. The topological polar surface area (TPSA) is 61.0 Å². The molecule has 0 aliphatic rings. The first-order chi connectivity index (χ1) is 8.11. The fourth-order valence-electron chi connectivity index (χ4n) is 1.87. The number of ether oxygens (including phenoxy) is 1. The summed E-state index contributed by atoms with van der Waals surface area (Å²) in [6.07, 6.45) is 0. The van der Waals surface area contributed by atoms with Gasteiger partial charge < -0.3 is 10.5 Å². The molecular formula is C13H15N3O. The molecule has 0 amide bonds. The summed E-state index contributed by atoms with van der Waals surface area (Å²) in [6, 6.07) is 7.72. The minimum Gasteiger partial charge on any atom is -0.497 e. The Labute approximate surface area is 100 Å². The summed E-state index contributed by atoms with van der Waals surface area (Å²) in [5.74, 6) is 1.98. The monoisotopic (exact) mass is 229 g/mol. The lowest BCUT2D eigenvalue weighted by molar-refractivity contribution is 0.415. The Hall–Kier alpha value is -2.10. The van der Waals surface area contributed by atoms with Crippen molar-refractivity contribution in [3.05, 3.63) is 35.8 Å². The van der Waals surface area contributed by atoms with E-state index in [4.69, 9.17) is 10.5 Å². The molecule has 0 saturated heterocycles. The maximum absolute atomic E-state index is 5.95. The second-order valence-electron chi connectivity index (χ2n) is 3.85. The molecule has 0 saturated carbocycles. The summed E-state index contributed by atoms with van der Waals surface area (Å²) in [5.41, 5.74) is 8.67. The first kappa shape index (κ1) is 11.4. The minimum absolute atomic E-state index is 0.503. The highest BCUT2D eigenvalue weighted by Gasteiger charge is 2.10. The first-order valence-electron chi connectivity index (χ1n) is 5.37. The maximum Gasteiger partial charge on any atom is 0.135 e. The molecule has 1 aromatic heterocycles. The van der Waals surface area contributed by atoms with Crippen LogP contribution in [0.15, 0.2) is 24.3 Å². The number of anilines is 1. The first-order valence-corrected chi connectivity index (χ1v) is 5.37. The van der Waals surface area contributed by atoms with E-state index in [9.17, 15) is 0 Å². The molecular weight excluding hydrogens is 214 g/mol. The Bertz CT molecular complexity index is 529. The van der Waals surface area contributed by atoms with Crippen LogP contribution < -0.4 is 10.5 Å². The Morgan fingerprint density at radius 3 is 2.59 bits per heavy atom. The summed E-state index contributed by atoms with van der Waals surface area (Å²) in [4.78, 5) is 8.53. The van der Waals surface area contributed by atoms with Crippen molar-refractivity contribution in [1.82, 2.24) is 9.97 Å². The van der Waals surface area contributed by atoms with Gasteiger partial charge in [0.05, 0.1) is 12.8 Å². The van der Waals surface area contributed by atoms with E-state index in [-0.39, 0.29) is 0 Å². The summed E-state index contributed by atoms with van der Waals surface area (Å²) in [6.45, 7) is 3.76. The van der Waals surface area contributed by atoms with E-state index in [1.807, 2.05) is 38.1 Å². The number of hydrogen-bond acceptors (Lipinski definition) is 4. The van der Waals surface area contributed by atoms with Crippen molar-refractivity contribution in [2.75, 3.05) is 12.8 Å². The lowest BCUT2D eigenvalue weighted by atomic mass is 10.0. The van der Waals surface area contributed by atoms with Crippen molar-refractivity contribution in [3.8, 4) is 16.9 Å². The molecule has 1 heterocycles. The normalized spacial score (nSPS) is 10.3. The van der Waals surface area contributed by atoms with Gasteiger partial charge in [0, 0.05) is 5.56 Å². The molecule has 88 valence electrons. The quantitative estimate of drug-likeness (QED) is 0.858. The van der Waals surface area contributed by atoms with Crippen molar-refractivity contribution in [2.45, 2.75) is 13.8 Å². The van der Waals surface area contributed by atoms with Gasteiger partial charge >= 0.3 is 0 Å². The zero-order valence-corrected chi connectivity index (χ0v) is 10.2. The van der Waals surface area contributed by atoms with Crippen molar-refractivity contribution >= 4 is 5.82 Å². The van der Waals surface area contributed by atoms with Crippen LogP contribution in [0.25, 0.3) is 11.1 Å². The largest absolute Gasteiger partial charge is 0.497 e. The van der Waals surface area contributed by atoms with Gasteiger partial charge in [-0.15, -0.1) is 0 Å². The Morgan fingerprint density at radius 1 is 1.18 bits per heavy atom. The van der Waals surface area contributed by atoms with E-state index < -0.39 is 0 Å². The van der Waals surface area contributed by atoms with Crippen LogP contribution in [0.3, 0.4) is 0 Å². The van der Waals surface area contributed by atoms with Crippen LogP contribution in [-0.4, -0.2) is 17.1 Å². The number of aryl methyl sites for hydroxylation is 2. The molecule has 17 heavy (non-hydrogen) atoms. The molecule has 0 atom stereocenters. The van der Waals surface area contributed by atoms with Gasteiger partial charge in [-0.1, -0.05) is 12.1 Å². The molecule has 0 fully saturated rings. The SMILES string of the molecule is COc1cccc(-c2c(C)nc(C)nc2N)c1. The lowest BCUT2D eigenvalue weighted by Gasteiger charge is -2.10. The van der Waals surface area contributed by atoms with Crippen LogP contribution in [0, 0.1) is 13.8 Å². The third-order valence-corrected chi connectivity index (χ3v) is 2.59. The highest BCUT2D eigenvalue weighted by atomic mass is 16.5. The van der Waals surface area contributed by atoms with E-state index in [2.05, 4.69) is 9.97 Å². The van der Waals surface area contributed by atoms with Gasteiger partial charge in [0.1, 0.15) is 17.4 Å². The summed E-state index contributed by atoms with van der Waals surface area (Å²) in [5, 5.41) is 0. The zero-order valence-electron chi connectivity index (χ0n) is 10.2. The van der Waals surface area contributed by atoms with E-state index >= 15 is 0 Å². The van der Waals surface area contributed by atoms with Crippen LogP contribution in [0.5, 0.6) is 5.75 Å². The molecule has 2 aromatic rings. The van der Waals surface area contributed by atoms with Gasteiger partial charge in [-0.25, -0.2) is 9.97 Å². The molecule has 0 aliphatic heterocycles. The Balaban J connectivity index is 2.60. The van der Waals surface area contributed by atoms with Gasteiger partial charge in [-0.3, -0.25) is 0 Å². The fraction of sp³-hybridized carbons (Fsp3) is 0.231. The van der Waals surface area contributed by atoms with Crippen LogP contribution in [0.2, 0.25) is 0 Å². The molecule has 0 aliphatic carbocycles. The fourth-order valence-corrected chi connectivity index (χ4v) is 1.87. The second-order valence-corrected chi connectivity index (χ2v) is 3.85. The van der Waals surface area contributed by atoms with E-state index in [1.165, 1.54) is 0 Å². The average molecular weight is 229 g/mol. The number of aromatic nitrogens is 2. The minimum atomic E-state index is 0.503. The zero-order chi connectivity index (χ0) is 12.4. The number of nitrogen functional groups attached to an aromatic ring is 1. The molecule has 2 rings (SSSR count). The summed E-state index contributed by atoms with van der Waals surface area (Å²) >= 11 is 0. The van der Waals surface area contributed by atoms with Crippen LogP contribution in [0.4, 0.5) is 5.82 Å². The molecule has 4 nitrogen and oxygen atoms in total. The van der Waals surface area contributed by atoms with Crippen LogP contribution in [-0.2, 0) is 0 Å². The third-order valence-electron chi connectivity index (χ3n) is 2.59. The molecule has 0 unspecified atom stereocenters. The number of nitrogens with two attached hydrogens (primary N) is 1. The van der Waals surface area contributed by atoms with E-state index in [0.717, 1.165) is 22.6 Å². The number of hydrogen-bond donors (Lipinski definition) is 1. The number of rotatable bonds is 2. The van der Waals surface area contributed by atoms with Crippen LogP contribution in [0.1, 0.15) is 11.5 Å². The molecule has 4 heteroatoms. The molecule has 0 spiro atoms. The molecule has 0 radical (unpaired) electrons. The standard InChI is InChI=1S/C13H15N3O/c1-8-12(13(14)16-9(2)15-8)10-5-4-6-11(7-10)17-3/h4-7H,1-3H3,(H2,14,15,16). The summed E-state index contributed by atoms with van der Waals surface area (Å²) < 4.78 is 5.20. The summed E-state index contributed by atoms with van der Waals surface area (Å²) in [7, 11) is 1.64. The smallest absolute Gasteiger partial charge is 0.135 e. The molecule has 2 N–H and O–H groups in total. The number of methoxy groups -OCH3 is 1. The van der Waals surface area contributed by atoms with Gasteiger partial charge in [-0.05, 0) is 31.5 Å². The second kappa shape index (κ2) is 4.41. The predicted molar refractivity (Wildman–Crippen MR) is 67.9 cm³/mol. The average Bonchev–Trinajstić information content (AvgIpc) is 2.28. The lowest BCUT2D eigenvalue weighted by Crippen LogP contribution is -2.02. The van der Waals surface area contributed by atoms with Crippen molar-refractivity contribution in [1.29, 1.82) is 0 Å². The highest BCUT2D eigenvalue weighted by Crippen LogP contribution is 2.29. The van der Waals surface area contributed by atoms with Crippen LogP contribution >= 0.6 is 0 Å². The number of nitrogens with zero attached hydrogens (tertiary/aromatic N) is 2. The van der Waals surface area contributed by atoms with Crippen molar-refractivity contribution in [3.63, 3.8) is 0 Å².